The van der Waals surface area contributed by atoms with E-state index in [0.717, 1.165) is 64.7 Å². The molecule has 0 radical (unpaired) electrons. The van der Waals surface area contributed by atoms with Crippen LogP contribution in [0.1, 0.15) is 85.5 Å². The lowest BCUT2D eigenvalue weighted by atomic mass is 10.0. The van der Waals surface area contributed by atoms with Gasteiger partial charge in [-0.3, -0.25) is 9.59 Å². The van der Waals surface area contributed by atoms with Crippen molar-refractivity contribution in [3.05, 3.63) is 0 Å². The van der Waals surface area contributed by atoms with Gasteiger partial charge in [0.2, 0.25) is 6.41 Å². The number of unbranched alkanes of at least 4 members (excludes halogenated alkanes) is 6. The van der Waals surface area contributed by atoms with Crippen LogP contribution in [0, 0.1) is 5.92 Å². The van der Waals surface area contributed by atoms with Gasteiger partial charge in [0, 0.05) is 32.1 Å². The van der Waals surface area contributed by atoms with E-state index < -0.39 is 0 Å². The second kappa shape index (κ2) is 21.1. The minimum absolute atomic E-state index is 0.176. The Hall–Kier alpha value is -0.900. The van der Waals surface area contributed by atoms with E-state index >= 15 is 0 Å². The zero-order valence-corrected chi connectivity index (χ0v) is 15.9. The van der Waals surface area contributed by atoms with E-state index in [9.17, 15) is 9.59 Å². The van der Waals surface area contributed by atoms with E-state index in [1.54, 1.807) is 0 Å². The summed E-state index contributed by atoms with van der Waals surface area (Å²) in [4.78, 5) is 21.4. The topological polar surface area (TPSA) is 55.4 Å². The summed E-state index contributed by atoms with van der Waals surface area (Å²) in [7, 11) is 0. The monoisotopic (exact) mass is 329 g/mol. The second-order valence-electron chi connectivity index (χ2n) is 5.88. The van der Waals surface area contributed by atoms with Crippen LogP contribution in [0.5, 0.6) is 0 Å². The third kappa shape index (κ3) is 21.1. The lowest BCUT2D eigenvalue weighted by molar-refractivity contribution is -0.122. The molecule has 4 heteroatoms. The number of amides is 1. The predicted molar refractivity (Wildman–Crippen MR) is 97.6 cm³/mol. The fourth-order valence-electron chi connectivity index (χ4n) is 2.09. The quantitative estimate of drug-likeness (QED) is 0.335. The van der Waals surface area contributed by atoms with Crippen LogP contribution in [0.15, 0.2) is 0 Å². The highest BCUT2D eigenvalue weighted by molar-refractivity contribution is 5.80. The molecule has 0 aliphatic rings. The number of carbonyl (C=O) groups excluding carboxylic acids is 2. The summed E-state index contributed by atoms with van der Waals surface area (Å²) in [6, 6.07) is 0. The van der Waals surface area contributed by atoms with Gasteiger partial charge in [0.15, 0.2) is 0 Å². The number of carbonyl (C=O) groups is 2. The molecule has 0 fully saturated rings. The molecule has 0 aliphatic heterocycles. The van der Waals surface area contributed by atoms with Crippen LogP contribution in [0.3, 0.4) is 0 Å². The Morgan fingerprint density at radius 2 is 1.43 bits per heavy atom. The van der Waals surface area contributed by atoms with E-state index in [-0.39, 0.29) is 5.92 Å². The molecule has 138 valence electrons. The molecule has 0 aromatic carbocycles. The number of hydrogen-bond acceptors (Lipinski definition) is 3. The van der Waals surface area contributed by atoms with Crippen molar-refractivity contribution in [2.75, 3.05) is 19.8 Å². The molecule has 0 bridgehead atoms. The highest BCUT2D eigenvalue weighted by Crippen LogP contribution is 2.07. The summed E-state index contributed by atoms with van der Waals surface area (Å²) in [5, 5.41) is 2.67. The number of ketones is 1. The molecule has 0 unspecified atom stereocenters. The number of hydrogen-bond donors (Lipinski definition) is 1. The van der Waals surface area contributed by atoms with Crippen molar-refractivity contribution >= 4 is 12.2 Å². The van der Waals surface area contributed by atoms with Crippen molar-refractivity contribution < 1.29 is 14.3 Å². The highest BCUT2D eigenvalue weighted by Gasteiger charge is 2.05. The van der Waals surface area contributed by atoms with Crippen molar-refractivity contribution in [3.63, 3.8) is 0 Å². The summed E-state index contributed by atoms with van der Waals surface area (Å²) < 4.78 is 5.59. The lowest BCUT2D eigenvalue weighted by Gasteiger charge is -2.05. The zero-order valence-electron chi connectivity index (χ0n) is 15.9. The summed E-state index contributed by atoms with van der Waals surface area (Å²) in [5.74, 6) is 0.551. The van der Waals surface area contributed by atoms with Gasteiger partial charge in [0.25, 0.3) is 0 Å². The number of ether oxygens (including phenoxy) is 1. The van der Waals surface area contributed by atoms with Gasteiger partial charge in [-0.1, -0.05) is 53.4 Å². The van der Waals surface area contributed by atoms with Gasteiger partial charge in [-0.2, -0.15) is 0 Å². The Labute approximate surface area is 143 Å². The zero-order chi connectivity index (χ0) is 17.8. The largest absolute Gasteiger partial charge is 0.381 e. The van der Waals surface area contributed by atoms with Crippen molar-refractivity contribution in [2.24, 2.45) is 5.92 Å². The summed E-state index contributed by atoms with van der Waals surface area (Å²) in [6.45, 7) is 10.4. The van der Waals surface area contributed by atoms with Crippen molar-refractivity contribution in [1.29, 1.82) is 0 Å². The minimum Gasteiger partial charge on any atom is -0.381 e. The number of nitrogens with one attached hydrogen (secondary N) is 1. The summed E-state index contributed by atoms with van der Waals surface area (Å²) in [5.41, 5.74) is 0. The van der Waals surface area contributed by atoms with Crippen molar-refractivity contribution in [1.82, 2.24) is 5.32 Å². The van der Waals surface area contributed by atoms with Crippen LogP contribution in [0.2, 0.25) is 0 Å². The molecule has 1 amide bonds. The first-order chi connectivity index (χ1) is 11.2. The van der Waals surface area contributed by atoms with E-state index in [1.807, 2.05) is 27.7 Å². The summed E-state index contributed by atoms with van der Waals surface area (Å²) >= 11 is 0. The third-order valence-corrected chi connectivity index (χ3v) is 3.55. The Morgan fingerprint density at radius 3 is 2.00 bits per heavy atom. The molecular weight excluding hydrogens is 290 g/mol. The van der Waals surface area contributed by atoms with E-state index in [0.29, 0.717) is 5.78 Å². The van der Waals surface area contributed by atoms with Gasteiger partial charge in [-0.15, -0.1) is 0 Å². The Morgan fingerprint density at radius 1 is 0.913 bits per heavy atom. The van der Waals surface area contributed by atoms with Crippen LogP contribution in [-0.4, -0.2) is 32.0 Å². The average molecular weight is 330 g/mol. The normalized spacial score (nSPS) is 10.1. The van der Waals surface area contributed by atoms with Gasteiger partial charge in [-0.25, -0.2) is 0 Å². The van der Waals surface area contributed by atoms with E-state index in [2.05, 4.69) is 5.32 Å². The molecule has 1 N–H and O–H groups in total. The van der Waals surface area contributed by atoms with Gasteiger partial charge in [0.1, 0.15) is 5.78 Å². The van der Waals surface area contributed by atoms with Gasteiger partial charge in [-0.05, 0) is 25.7 Å². The van der Waals surface area contributed by atoms with Crippen LogP contribution in [-0.2, 0) is 14.3 Å². The molecule has 0 spiro atoms. The van der Waals surface area contributed by atoms with Gasteiger partial charge in [0.05, 0.1) is 0 Å². The molecule has 0 rings (SSSR count). The maximum Gasteiger partial charge on any atom is 0.207 e. The predicted octanol–water partition coefficient (Wildman–Crippen LogP) is 4.51. The van der Waals surface area contributed by atoms with Crippen molar-refractivity contribution in [3.8, 4) is 0 Å². The first kappa shape index (κ1) is 24.4. The van der Waals surface area contributed by atoms with Crippen LogP contribution in [0.25, 0.3) is 0 Å². The van der Waals surface area contributed by atoms with E-state index in [1.165, 1.54) is 19.3 Å². The maximum absolute atomic E-state index is 11.4. The molecule has 4 nitrogen and oxygen atoms in total. The third-order valence-electron chi connectivity index (χ3n) is 3.55. The number of rotatable bonds is 16. The lowest BCUT2D eigenvalue weighted by Crippen LogP contribution is -2.11. The maximum atomic E-state index is 11.4. The summed E-state index contributed by atoms with van der Waals surface area (Å²) in [6.07, 6.45) is 10.4. The smallest absolute Gasteiger partial charge is 0.207 e. The Bertz CT molecular complexity index is 255. The highest BCUT2D eigenvalue weighted by atomic mass is 16.5. The molecular formula is C19H39NO3. The first-order valence-corrected chi connectivity index (χ1v) is 9.46. The Balaban J connectivity index is 0. The van der Waals surface area contributed by atoms with Crippen LogP contribution in [0.4, 0.5) is 0 Å². The van der Waals surface area contributed by atoms with Gasteiger partial charge < -0.3 is 10.1 Å². The average Bonchev–Trinajstić information content (AvgIpc) is 2.56. The fraction of sp³-hybridized carbons (Fsp3) is 0.895. The first-order valence-electron chi connectivity index (χ1n) is 9.46. The van der Waals surface area contributed by atoms with Crippen molar-refractivity contribution in [2.45, 2.75) is 85.5 Å². The molecule has 0 saturated carbocycles. The second-order valence-corrected chi connectivity index (χ2v) is 5.88. The number of Topliss-reactive ketones (excluding diaryl/α,β-unsaturated/α-hetero) is 1. The fourth-order valence-corrected chi connectivity index (χ4v) is 2.09. The molecule has 0 aromatic heterocycles. The standard InChI is InChI=1S/C17H33NO3.C2H6/c1-16(2)17(20)11-7-6-10-14-21-13-9-5-3-4-8-12-18-15-19;1-2/h15-16H,3-14H2,1-2H3,(H,18,19);1-2H3. The molecule has 0 atom stereocenters. The molecule has 0 aromatic rings. The molecule has 0 aliphatic carbocycles. The molecule has 23 heavy (non-hydrogen) atoms. The SMILES string of the molecule is CC.CC(C)C(=O)CCCCCOCCCCCCCNC=O. The molecule has 0 saturated heterocycles. The molecule has 0 heterocycles. The minimum atomic E-state index is 0.176. The van der Waals surface area contributed by atoms with Crippen LogP contribution < -0.4 is 5.32 Å². The van der Waals surface area contributed by atoms with Gasteiger partial charge >= 0.3 is 0 Å². The van der Waals surface area contributed by atoms with E-state index in [4.69, 9.17) is 4.74 Å². The Kier molecular flexibility index (Phi) is 22.3. The van der Waals surface area contributed by atoms with Crippen LogP contribution >= 0.6 is 0 Å².